The highest BCUT2D eigenvalue weighted by Gasteiger charge is 2.33. The first kappa shape index (κ1) is 15.3. The second-order valence-corrected chi connectivity index (χ2v) is 5.64. The standard InChI is InChI=1S/C15H9F3N2O2S/c16-15(17,18)22-11-7-8(5-6-9(11)13(19)21)14-20-10-3-1-2-4-12(10)23-14/h1-7H,(H2,19,21). The van der Waals surface area contributed by atoms with Gasteiger partial charge in [-0.15, -0.1) is 24.5 Å². The molecule has 0 saturated carbocycles. The van der Waals surface area contributed by atoms with Crippen LogP contribution in [0.1, 0.15) is 10.4 Å². The highest BCUT2D eigenvalue weighted by atomic mass is 32.1. The second-order valence-electron chi connectivity index (χ2n) is 4.61. The van der Waals surface area contributed by atoms with E-state index in [2.05, 4.69) is 9.72 Å². The molecule has 0 saturated heterocycles. The van der Waals surface area contributed by atoms with E-state index >= 15 is 0 Å². The van der Waals surface area contributed by atoms with Crippen molar-refractivity contribution < 1.29 is 22.7 Å². The highest BCUT2D eigenvalue weighted by Crippen LogP contribution is 2.34. The topological polar surface area (TPSA) is 65.2 Å². The Balaban J connectivity index is 2.09. The fourth-order valence-electron chi connectivity index (χ4n) is 2.06. The number of para-hydroxylation sites is 1. The third kappa shape index (κ3) is 3.26. The van der Waals surface area contributed by atoms with Crippen LogP contribution in [0, 0.1) is 0 Å². The van der Waals surface area contributed by atoms with E-state index < -0.39 is 18.0 Å². The van der Waals surface area contributed by atoms with Crippen LogP contribution >= 0.6 is 11.3 Å². The maximum absolute atomic E-state index is 12.5. The van der Waals surface area contributed by atoms with Crippen molar-refractivity contribution in [3.63, 3.8) is 0 Å². The summed E-state index contributed by atoms with van der Waals surface area (Å²) in [4.78, 5) is 15.6. The average molecular weight is 338 g/mol. The number of ether oxygens (including phenoxy) is 1. The van der Waals surface area contributed by atoms with Gasteiger partial charge in [0.05, 0.1) is 15.8 Å². The van der Waals surface area contributed by atoms with Crippen molar-refractivity contribution in [2.45, 2.75) is 6.36 Å². The summed E-state index contributed by atoms with van der Waals surface area (Å²) in [5.74, 6) is -1.64. The number of carbonyl (C=O) groups is 1. The summed E-state index contributed by atoms with van der Waals surface area (Å²) >= 11 is 1.33. The van der Waals surface area contributed by atoms with E-state index in [1.54, 1.807) is 6.07 Å². The zero-order valence-electron chi connectivity index (χ0n) is 11.4. The van der Waals surface area contributed by atoms with Crippen LogP contribution in [-0.4, -0.2) is 17.3 Å². The molecule has 0 unspecified atom stereocenters. The van der Waals surface area contributed by atoms with Crippen molar-refractivity contribution in [3.05, 3.63) is 48.0 Å². The minimum absolute atomic E-state index is 0.341. The van der Waals surface area contributed by atoms with E-state index in [-0.39, 0.29) is 5.56 Å². The Kier molecular flexibility index (Phi) is 3.69. The van der Waals surface area contributed by atoms with Crippen LogP contribution in [0.15, 0.2) is 42.5 Å². The van der Waals surface area contributed by atoms with Crippen molar-refractivity contribution in [2.75, 3.05) is 0 Å². The molecule has 0 aliphatic rings. The van der Waals surface area contributed by atoms with Gasteiger partial charge in [-0.3, -0.25) is 4.79 Å². The van der Waals surface area contributed by atoms with E-state index in [0.717, 1.165) is 16.3 Å². The Bertz CT molecular complexity index is 857. The fourth-order valence-corrected chi connectivity index (χ4v) is 3.03. The number of nitrogens with zero attached hydrogens (tertiary/aromatic N) is 1. The minimum Gasteiger partial charge on any atom is -0.405 e. The maximum Gasteiger partial charge on any atom is 0.573 e. The first-order chi connectivity index (χ1) is 10.8. The third-order valence-corrected chi connectivity index (χ3v) is 4.10. The van der Waals surface area contributed by atoms with Crippen LogP contribution in [0.3, 0.4) is 0 Å². The van der Waals surface area contributed by atoms with Gasteiger partial charge in [-0.25, -0.2) is 4.98 Å². The zero-order valence-corrected chi connectivity index (χ0v) is 12.2. The number of amides is 1. The number of carbonyl (C=O) groups excluding carboxylic acids is 1. The lowest BCUT2D eigenvalue weighted by Crippen LogP contribution is -2.21. The molecule has 0 fully saturated rings. The van der Waals surface area contributed by atoms with Crippen molar-refractivity contribution in [1.82, 2.24) is 4.98 Å². The monoisotopic (exact) mass is 338 g/mol. The molecule has 2 aromatic carbocycles. The predicted octanol–water partition coefficient (Wildman–Crippen LogP) is 3.96. The number of nitrogens with two attached hydrogens (primary N) is 1. The Morgan fingerprint density at radius 1 is 1.17 bits per heavy atom. The molecule has 1 heterocycles. The van der Waals surface area contributed by atoms with Gasteiger partial charge in [0.1, 0.15) is 10.8 Å². The molecule has 2 N–H and O–H groups in total. The molecule has 3 aromatic rings. The van der Waals surface area contributed by atoms with Gasteiger partial charge in [-0.05, 0) is 24.3 Å². The molecule has 0 bridgehead atoms. The van der Waals surface area contributed by atoms with E-state index in [1.807, 2.05) is 18.2 Å². The van der Waals surface area contributed by atoms with E-state index in [1.165, 1.54) is 23.5 Å². The van der Waals surface area contributed by atoms with Crippen LogP contribution < -0.4 is 10.5 Å². The van der Waals surface area contributed by atoms with Crippen LogP contribution in [0.25, 0.3) is 20.8 Å². The van der Waals surface area contributed by atoms with Crippen molar-refractivity contribution in [3.8, 4) is 16.3 Å². The molecule has 0 aliphatic heterocycles. The summed E-state index contributed by atoms with van der Waals surface area (Å²) in [6, 6.07) is 11.1. The van der Waals surface area contributed by atoms with Crippen molar-refractivity contribution in [1.29, 1.82) is 0 Å². The molecule has 3 rings (SSSR count). The number of alkyl halides is 3. The summed E-state index contributed by atoms with van der Waals surface area (Å²) < 4.78 is 42.3. The molecule has 118 valence electrons. The van der Waals surface area contributed by atoms with E-state index in [9.17, 15) is 18.0 Å². The Hall–Kier alpha value is -2.61. The van der Waals surface area contributed by atoms with Crippen LogP contribution in [0.4, 0.5) is 13.2 Å². The molecular weight excluding hydrogens is 329 g/mol. The predicted molar refractivity (Wildman–Crippen MR) is 80.3 cm³/mol. The van der Waals surface area contributed by atoms with Gasteiger partial charge in [-0.2, -0.15) is 0 Å². The van der Waals surface area contributed by atoms with Gasteiger partial charge in [0.25, 0.3) is 5.91 Å². The normalized spacial score (nSPS) is 11.6. The lowest BCUT2D eigenvalue weighted by atomic mass is 10.1. The molecule has 0 spiro atoms. The second kappa shape index (κ2) is 5.54. The number of thiazole rings is 1. The summed E-state index contributed by atoms with van der Waals surface area (Å²) in [5, 5.41) is 0.522. The van der Waals surface area contributed by atoms with Gasteiger partial charge in [0, 0.05) is 5.56 Å². The van der Waals surface area contributed by atoms with E-state index in [0.29, 0.717) is 10.6 Å². The highest BCUT2D eigenvalue weighted by molar-refractivity contribution is 7.21. The molecule has 0 atom stereocenters. The first-order valence-corrected chi connectivity index (χ1v) is 7.21. The number of halogens is 3. The molecule has 4 nitrogen and oxygen atoms in total. The number of hydrogen-bond donors (Lipinski definition) is 1. The minimum atomic E-state index is -4.92. The third-order valence-electron chi connectivity index (χ3n) is 3.01. The number of rotatable bonds is 3. The summed E-state index contributed by atoms with van der Waals surface area (Å²) in [5.41, 5.74) is 5.90. The van der Waals surface area contributed by atoms with Crippen molar-refractivity contribution >= 4 is 27.5 Å². The SMILES string of the molecule is NC(=O)c1ccc(-c2nc3ccccc3s2)cc1OC(F)(F)F. The first-order valence-electron chi connectivity index (χ1n) is 6.39. The summed E-state index contributed by atoms with van der Waals surface area (Å²) in [6.07, 6.45) is -4.92. The lowest BCUT2D eigenvalue weighted by molar-refractivity contribution is -0.274. The largest absolute Gasteiger partial charge is 0.573 e. The number of hydrogen-bond acceptors (Lipinski definition) is 4. The quantitative estimate of drug-likeness (QED) is 0.786. The van der Waals surface area contributed by atoms with Crippen LogP contribution in [0.2, 0.25) is 0 Å². The number of primary amides is 1. The molecule has 0 radical (unpaired) electrons. The molecule has 0 aliphatic carbocycles. The molecular formula is C15H9F3N2O2S. The summed E-state index contributed by atoms with van der Waals surface area (Å²) in [6.45, 7) is 0. The van der Waals surface area contributed by atoms with Gasteiger partial charge >= 0.3 is 6.36 Å². The van der Waals surface area contributed by atoms with Gasteiger partial charge in [0.2, 0.25) is 0 Å². The van der Waals surface area contributed by atoms with Gasteiger partial charge in [-0.1, -0.05) is 18.2 Å². The Morgan fingerprint density at radius 2 is 1.91 bits per heavy atom. The van der Waals surface area contributed by atoms with Crippen LogP contribution in [-0.2, 0) is 0 Å². The zero-order chi connectivity index (χ0) is 16.6. The van der Waals surface area contributed by atoms with Gasteiger partial charge in [0.15, 0.2) is 0 Å². The van der Waals surface area contributed by atoms with E-state index in [4.69, 9.17) is 5.73 Å². The molecule has 8 heteroatoms. The lowest BCUT2D eigenvalue weighted by Gasteiger charge is -2.12. The number of fused-ring (bicyclic) bond motifs is 1. The summed E-state index contributed by atoms with van der Waals surface area (Å²) in [7, 11) is 0. The Morgan fingerprint density at radius 3 is 2.57 bits per heavy atom. The number of aromatic nitrogens is 1. The van der Waals surface area contributed by atoms with Crippen LogP contribution in [0.5, 0.6) is 5.75 Å². The average Bonchev–Trinajstić information content (AvgIpc) is 2.89. The maximum atomic E-state index is 12.5. The molecule has 1 amide bonds. The molecule has 1 aromatic heterocycles. The fraction of sp³-hybridized carbons (Fsp3) is 0.0667. The Labute approximate surface area is 132 Å². The van der Waals surface area contributed by atoms with Crippen molar-refractivity contribution in [2.24, 2.45) is 5.73 Å². The number of benzene rings is 2. The molecule has 23 heavy (non-hydrogen) atoms. The smallest absolute Gasteiger partial charge is 0.405 e. The van der Waals surface area contributed by atoms with Gasteiger partial charge < -0.3 is 10.5 Å².